The van der Waals surface area contributed by atoms with E-state index in [-0.39, 0.29) is 0 Å². The highest BCUT2D eigenvalue weighted by molar-refractivity contribution is 14.1. The molecule has 19 heavy (non-hydrogen) atoms. The molecule has 1 N–H and O–H groups in total. The van der Waals surface area contributed by atoms with Crippen molar-refractivity contribution in [1.82, 2.24) is 4.98 Å². The van der Waals surface area contributed by atoms with Crippen LogP contribution in [0.2, 0.25) is 0 Å². The second kappa shape index (κ2) is 5.05. The monoisotopic (exact) mass is 383 g/mol. The number of aryl methyl sites for hydroxylation is 1. The van der Waals surface area contributed by atoms with E-state index in [0.717, 1.165) is 27.1 Å². The Bertz CT molecular complexity index is 691. The van der Waals surface area contributed by atoms with Crippen molar-refractivity contribution in [3.05, 3.63) is 49.0 Å². The van der Waals surface area contributed by atoms with Crippen LogP contribution in [0.15, 0.2) is 23.6 Å². The minimum absolute atomic E-state index is 0.338. The fourth-order valence-corrected chi connectivity index (χ4v) is 3.70. The van der Waals surface area contributed by atoms with Crippen molar-refractivity contribution in [1.29, 1.82) is 0 Å². The minimum Gasteiger partial charge on any atom is -0.478 e. The van der Waals surface area contributed by atoms with Gasteiger partial charge in [-0.15, -0.1) is 11.3 Å². The molecule has 0 saturated heterocycles. The third-order valence-corrected chi connectivity index (χ3v) is 5.03. The van der Waals surface area contributed by atoms with Crippen LogP contribution in [-0.2, 0) is 6.42 Å². The van der Waals surface area contributed by atoms with Gasteiger partial charge in [0.05, 0.1) is 5.56 Å². The van der Waals surface area contributed by atoms with Gasteiger partial charge in [0, 0.05) is 5.38 Å². The van der Waals surface area contributed by atoms with Crippen LogP contribution in [0.5, 0.6) is 0 Å². The standard InChI is InChI=1S/C14H10INO2S/c15-12-7-19-13(16-12)9-3-1-8-2-4-10(14(17)18)6-11(8)5-9/h2,4-7H,1,3H2,(H,17,18). The molecule has 0 spiro atoms. The number of thiazole rings is 1. The van der Waals surface area contributed by atoms with Gasteiger partial charge in [0.2, 0.25) is 0 Å². The van der Waals surface area contributed by atoms with E-state index in [1.54, 1.807) is 23.5 Å². The first-order chi connectivity index (χ1) is 9.13. The highest BCUT2D eigenvalue weighted by atomic mass is 127. The lowest BCUT2D eigenvalue weighted by molar-refractivity contribution is 0.0697. The van der Waals surface area contributed by atoms with Gasteiger partial charge in [0.15, 0.2) is 0 Å². The summed E-state index contributed by atoms with van der Waals surface area (Å²) in [7, 11) is 0. The topological polar surface area (TPSA) is 50.2 Å². The summed E-state index contributed by atoms with van der Waals surface area (Å²) >= 11 is 3.84. The molecular weight excluding hydrogens is 373 g/mol. The lowest BCUT2D eigenvalue weighted by Crippen LogP contribution is -2.03. The molecule has 0 radical (unpaired) electrons. The van der Waals surface area contributed by atoms with Crippen molar-refractivity contribution in [3.63, 3.8) is 0 Å². The van der Waals surface area contributed by atoms with Crippen LogP contribution < -0.4 is 0 Å². The Kier molecular flexibility index (Phi) is 3.40. The van der Waals surface area contributed by atoms with Gasteiger partial charge >= 0.3 is 5.97 Å². The van der Waals surface area contributed by atoms with Crippen LogP contribution in [0.3, 0.4) is 0 Å². The number of carboxylic acid groups (broad SMARTS) is 1. The number of carboxylic acids is 1. The van der Waals surface area contributed by atoms with E-state index in [1.165, 1.54) is 11.1 Å². The first kappa shape index (κ1) is 12.8. The number of halogens is 1. The van der Waals surface area contributed by atoms with Crippen molar-refractivity contribution in [3.8, 4) is 0 Å². The predicted molar refractivity (Wildman–Crippen MR) is 84.4 cm³/mol. The zero-order valence-electron chi connectivity index (χ0n) is 9.89. The smallest absolute Gasteiger partial charge is 0.335 e. The fourth-order valence-electron chi connectivity index (χ4n) is 2.19. The molecule has 0 saturated carbocycles. The Hall–Kier alpha value is -1.21. The summed E-state index contributed by atoms with van der Waals surface area (Å²) < 4.78 is 1.00. The molecule has 1 aliphatic carbocycles. The Morgan fingerprint density at radius 2 is 2.21 bits per heavy atom. The number of hydrogen-bond donors (Lipinski definition) is 1. The maximum atomic E-state index is 11.0. The summed E-state index contributed by atoms with van der Waals surface area (Å²) in [5.41, 5.74) is 3.75. The third kappa shape index (κ3) is 2.57. The van der Waals surface area contributed by atoms with Gasteiger partial charge in [-0.25, -0.2) is 9.78 Å². The van der Waals surface area contributed by atoms with E-state index in [9.17, 15) is 4.79 Å². The normalized spacial score (nSPS) is 13.8. The molecule has 0 amide bonds. The number of rotatable bonds is 2. The zero-order chi connectivity index (χ0) is 13.4. The highest BCUT2D eigenvalue weighted by Crippen LogP contribution is 2.32. The van der Waals surface area contributed by atoms with E-state index in [1.807, 2.05) is 11.4 Å². The van der Waals surface area contributed by atoms with Gasteiger partial charge in [0.25, 0.3) is 0 Å². The van der Waals surface area contributed by atoms with Crippen LogP contribution in [0.4, 0.5) is 0 Å². The SMILES string of the molecule is O=C(O)c1ccc2c(c1)C=C(c1nc(I)cs1)CC2. The van der Waals surface area contributed by atoms with Crippen LogP contribution >= 0.6 is 33.9 Å². The summed E-state index contributed by atoms with van der Waals surface area (Å²) in [6.07, 6.45) is 3.97. The number of nitrogens with zero attached hydrogens (tertiary/aromatic N) is 1. The lowest BCUT2D eigenvalue weighted by atomic mass is 9.91. The molecule has 1 aromatic heterocycles. The maximum absolute atomic E-state index is 11.0. The summed E-state index contributed by atoms with van der Waals surface area (Å²) in [6.45, 7) is 0. The maximum Gasteiger partial charge on any atom is 0.335 e. The van der Waals surface area contributed by atoms with Gasteiger partial charge in [-0.3, -0.25) is 0 Å². The van der Waals surface area contributed by atoms with Gasteiger partial charge < -0.3 is 5.11 Å². The lowest BCUT2D eigenvalue weighted by Gasteiger charge is -2.15. The summed E-state index contributed by atoms with van der Waals surface area (Å²) in [5, 5.41) is 12.1. The summed E-state index contributed by atoms with van der Waals surface area (Å²) in [4.78, 5) is 15.5. The quantitative estimate of drug-likeness (QED) is 0.800. The summed E-state index contributed by atoms with van der Waals surface area (Å²) in [6, 6.07) is 5.33. The first-order valence-electron chi connectivity index (χ1n) is 5.81. The number of benzene rings is 1. The molecule has 0 bridgehead atoms. The van der Waals surface area contributed by atoms with E-state index in [4.69, 9.17) is 5.11 Å². The molecule has 5 heteroatoms. The molecule has 0 aliphatic heterocycles. The van der Waals surface area contributed by atoms with Gasteiger partial charge in [-0.2, -0.15) is 0 Å². The number of carbonyl (C=O) groups is 1. The summed E-state index contributed by atoms with van der Waals surface area (Å²) in [5.74, 6) is -0.882. The third-order valence-electron chi connectivity index (χ3n) is 3.14. The Balaban J connectivity index is 2.03. The van der Waals surface area contributed by atoms with Crippen LogP contribution in [-0.4, -0.2) is 16.1 Å². The number of hydrogen-bond acceptors (Lipinski definition) is 3. The van der Waals surface area contributed by atoms with Crippen LogP contribution in [0.1, 0.15) is 32.9 Å². The molecule has 96 valence electrons. The first-order valence-corrected chi connectivity index (χ1v) is 7.77. The predicted octanol–water partition coefficient (Wildman–Crippen LogP) is 3.93. The largest absolute Gasteiger partial charge is 0.478 e. The Morgan fingerprint density at radius 1 is 1.37 bits per heavy atom. The fraction of sp³-hybridized carbons (Fsp3) is 0.143. The molecule has 0 unspecified atom stereocenters. The molecular formula is C14H10INO2S. The zero-order valence-corrected chi connectivity index (χ0v) is 12.9. The molecule has 0 atom stereocenters. The van der Waals surface area contributed by atoms with Crippen molar-refractivity contribution in [2.75, 3.05) is 0 Å². The molecule has 1 aliphatic rings. The molecule has 2 aromatic rings. The van der Waals surface area contributed by atoms with E-state index >= 15 is 0 Å². The van der Waals surface area contributed by atoms with Crippen molar-refractivity contribution in [2.45, 2.75) is 12.8 Å². The molecule has 3 nitrogen and oxygen atoms in total. The van der Waals surface area contributed by atoms with E-state index in [2.05, 4.69) is 33.7 Å². The molecule has 1 heterocycles. The number of aromatic carboxylic acids is 1. The van der Waals surface area contributed by atoms with Crippen molar-refractivity contribution >= 4 is 51.5 Å². The molecule has 3 rings (SSSR count). The Labute approximate surface area is 128 Å². The van der Waals surface area contributed by atoms with E-state index in [0.29, 0.717) is 5.56 Å². The van der Waals surface area contributed by atoms with Gasteiger partial charge in [-0.1, -0.05) is 6.07 Å². The molecule has 1 aromatic carbocycles. The van der Waals surface area contributed by atoms with Crippen molar-refractivity contribution in [2.24, 2.45) is 0 Å². The number of fused-ring (bicyclic) bond motifs is 1. The molecule has 0 fully saturated rings. The number of aromatic nitrogens is 1. The van der Waals surface area contributed by atoms with E-state index < -0.39 is 5.97 Å². The van der Waals surface area contributed by atoms with Gasteiger partial charge in [-0.05, 0) is 70.3 Å². The second-order valence-electron chi connectivity index (χ2n) is 4.36. The minimum atomic E-state index is -0.882. The highest BCUT2D eigenvalue weighted by Gasteiger charge is 2.15. The van der Waals surface area contributed by atoms with Crippen LogP contribution in [0.25, 0.3) is 11.6 Å². The average Bonchev–Trinajstić information content (AvgIpc) is 2.84. The Morgan fingerprint density at radius 3 is 2.89 bits per heavy atom. The second-order valence-corrected chi connectivity index (χ2v) is 6.33. The van der Waals surface area contributed by atoms with Gasteiger partial charge in [0.1, 0.15) is 8.71 Å². The average molecular weight is 383 g/mol. The number of allylic oxidation sites excluding steroid dienone is 1. The van der Waals surface area contributed by atoms with Crippen molar-refractivity contribution < 1.29 is 9.90 Å². The van der Waals surface area contributed by atoms with Crippen LogP contribution in [0, 0.1) is 3.70 Å².